The highest BCUT2D eigenvalue weighted by Crippen LogP contribution is 2.25. The lowest BCUT2D eigenvalue weighted by Gasteiger charge is -2.15. The summed E-state index contributed by atoms with van der Waals surface area (Å²) in [5.74, 6) is -1.12. The molecule has 3 amide bonds. The maximum absolute atomic E-state index is 12.5. The summed E-state index contributed by atoms with van der Waals surface area (Å²) in [5.41, 5.74) is 0.298. The number of unbranched alkanes of at least 4 members (excludes halogenated alkanes) is 3. The predicted octanol–water partition coefficient (Wildman–Crippen LogP) is 3.21. The molecule has 1 aromatic heterocycles. The van der Waals surface area contributed by atoms with E-state index in [1.807, 2.05) is 5.32 Å². The molecule has 2 aromatic rings. The fourth-order valence-corrected chi connectivity index (χ4v) is 3.96. The number of halogens is 4. The largest absolute Gasteiger partial charge is 0.491 e. The smallest absolute Gasteiger partial charge is 0.405 e. The summed E-state index contributed by atoms with van der Waals surface area (Å²) in [7, 11) is 0. The number of amides is 3. The minimum absolute atomic E-state index is 0.0245. The highest BCUT2D eigenvalue weighted by Gasteiger charge is 2.28. The molecule has 1 aliphatic rings. The Morgan fingerprint density at radius 3 is 2.56 bits per heavy atom. The molecule has 14 heteroatoms. The normalized spacial score (nSPS) is 13.5. The van der Waals surface area contributed by atoms with Crippen LogP contribution in [0.3, 0.4) is 0 Å². The molecule has 10 nitrogen and oxygen atoms in total. The third-order valence-corrected chi connectivity index (χ3v) is 5.99. The Kier molecular flexibility index (Phi) is 11.1. The summed E-state index contributed by atoms with van der Waals surface area (Å²) in [6, 6.07) is 4.05. The zero-order valence-corrected chi connectivity index (χ0v) is 21.4. The van der Waals surface area contributed by atoms with Crippen molar-refractivity contribution in [3.63, 3.8) is 0 Å². The fraction of sp³-hybridized carbons (Fsp3) is 0.560. The average molecular weight is 557 g/mol. The molecule has 0 aliphatic carbocycles. The van der Waals surface area contributed by atoms with Gasteiger partial charge in [0.2, 0.25) is 5.91 Å². The van der Waals surface area contributed by atoms with Crippen molar-refractivity contribution in [1.29, 1.82) is 0 Å². The second-order valence-electron chi connectivity index (χ2n) is 9.07. The van der Waals surface area contributed by atoms with Gasteiger partial charge >= 0.3 is 6.18 Å². The highest BCUT2D eigenvalue weighted by atomic mass is 19.4. The van der Waals surface area contributed by atoms with Crippen LogP contribution in [0.1, 0.15) is 65.8 Å². The lowest BCUT2D eigenvalue weighted by Crippen LogP contribution is -2.33. The zero-order chi connectivity index (χ0) is 28.3. The summed E-state index contributed by atoms with van der Waals surface area (Å²) >= 11 is 0. The summed E-state index contributed by atoms with van der Waals surface area (Å²) in [5, 5.41) is 12.4. The molecule has 0 unspecified atom stereocenters. The number of nitrogens with zero attached hydrogens (tertiary/aromatic N) is 4. The van der Waals surface area contributed by atoms with Crippen molar-refractivity contribution in [3.05, 3.63) is 35.7 Å². The molecule has 0 atom stereocenters. The van der Waals surface area contributed by atoms with Gasteiger partial charge in [0.05, 0.1) is 19.5 Å². The number of alkyl halides is 4. The molecule has 0 saturated carbocycles. The zero-order valence-electron chi connectivity index (χ0n) is 21.4. The van der Waals surface area contributed by atoms with E-state index in [4.69, 9.17) is 4.74 Å². The lowest BCUT2D eigenvalue weighted by atomic mass is 10.1. The number of carbonyl (C=O) groups excluding carboxylic acids is 3. The molecule has 1 saturated heterocycles. The van der Waals surface area contributed by atoms with Crippen molar-refractivity contribution in [2.45, 2.75) is 51.1 Å². The molecular weight excluding hydrogens is 524 g/mol. The topological polar surface area (TPSA) is 118 Å². The Morgan fingerprint density at radius 1 is 1.05 bits per heavy atom. The van der Waals surface area contributed by atoms with E-state index in [-0.39, 0.29) is 29.5 Å². The van der Waals surface area contributed by atoms with Gasteiger partial charge in [0.15, 0.2) is 5.69 Å². The highest BCUT2D eigenvalue weighted by molar-refractivity contribution is 5.95. The van der Waals surface area contributed by atoms with Gasteiger partial charge in [0, 0.05) is 31.6 Å². The van der Waals surface area contributed by atoms with Crippen molar-refractivity contribution in [1.82, 2.24) is 30.5 Å². The van der Waals surface area contributed by atoms with Gasteiger partial charge < -0.3 is 20.3 Å². The third-order valence-electron chi connectivity index (χ3n) is 5.99. The van der Waals surface area contributed by atoms with Crippen LogP contribution in [0.25, 0.3) is 5.69 Å². The molecule has 2 heterocycles. The quantitative estimate of drug-likeness (QED) is 0.257. The van der Waals surface area contributed by atoms with Gasteiger partial charge in [0.1, 0.15) is 18.0 Å². The molecular formula is C25H32F4N6O4. The van der Waals surface area contributed by atoms with Crippen molar-refractivity contribution in [3.8, 4) is 11.4 Å². The number of benzene rings is 1. The summed E-state index contributed by atoms with van der Waals surface area (Å²) < 4.78 is 56.9. The first kappa shape index (κ1) is 29.8. The summed E-state index contributed by atoms with van der Waals surface area (Å²) in [6.07, 6.45) is 1.24. The first-order valence-electron chi connectivity index (χ1n) is 12.8. The standard InChI is InChI=1S/C25H32F4N6O4/c26-10-3-1-2-4-14-39-21-15-18(23(37)31-17-25(27,28)29)8-9-20(21)35-16-19(32-33-35)24(38)30-11-6-13-34-12-5-7-22(34)36/h8-9,15-16H,1-7,10-14,17H2,(H,30,38)(H,31,37). The maximum Gasteiger partial charge on any atom is 0.405 e. The number of hydrogen-bond acceptors (Lipinski definition) is 6. The van der Waals surface area contributed by atoms with Crippen LogP contribution in [-0.2, 0) is 4.79 Å². The first-order valence-corrected chi connectivity index (χ1v) is 12.8. The van der Waals surface area contributed by atoms with Crippen LogP contribution < -0.4 is 15.4 Å². The van der Waals surface area contributed by atoms with E-state index >= 15 is 0 Å². The van der Waals surface area contributed by atoms with Crippen LogP contribution in [-0.4, -0.2) is 83.3 Å². The molecule has 0 radical (unpaired) electrons. The molecule has 1 fully saturated rings. The number of likely N-dealkylation sites (tertiary alicyclic amines) is 1. The Labute approximate surface area is 223 Å². The Morgan fingerprint density at radius 2 is 1.85 bits per heavy atom. The van der Waals surface area contributed by atoms with Gasteiger partial charge in [-0.3, -0.25) is 18.8 Å². The van der Waals surface area contributed by atoms with Crippen molar-refractivity contribution in [2.24, 2.45) is 0 Å². The van der Waals surface area contributed by atoms with Crippen molar-refractivity contribution < 1.29 is 36.7 Å². The van der Waals surface area contributed by atoms with Crippen LogP contribution in [0.15, 0.2) is 24.4 Å². The second kappa shape index (κ2) is 14.4. The van der Waals surface area contributed by atoms with E-state index < -0.39 is 31.2 Å². The average Bonchev–Trinajstić information content (AvgIpc) is 3.56. The Hall–Kier alpha value is -3.71. The van der Waals surface area contributed by atoms with Crippen molar-refractivity contribution in [2.75, 3.05) is 39.5 Å². The first-order chi connectivity index (χ1) is 18.7. The lowest BCUT2D eigenvalue weighted by molar-refractivity contribution is -0.127. The van der Waals surface area contributed by atoms with Crippen LogP contribution >= 0.6 is 0 Å². The monoisotopic (exact) mass is 556 g/mol. The minimum atomic E-state index is -4.56. The minimum Gasteiger partial charge on any atom is -0.491 e. The second-order valence-corrected chi connectivity index (χ2v) is 9.07. The number of nitrogens with one attached hydrogen (secondary N) is 2. The molecule has 0 spiro atoms. The number of rotatable bonds is 15. The molecule has 39 heavy (non-hydrogen) atoms. The Bertz CT molecular complexity index is 1120. The van der Waals surface area contributed by atoms with Gasteiger partial charge in [-0.05, 0) is 50.3 Å². The fourth-order valence-electron chi connectivity index (χ4n) is 3.96. The van der Waals surface area contributed by atoms with E-state index in [0.29, 0.717) is 57.3 Å². The van der Waals surface area contributed by atoms with E-state index in [1.165, 1.54) is 29.1 Å². The van der Waals surface area contributed by atoms with Gasteiger partial charge in [0.25, 0.3) is 11.8 Å². The number of aromatic nitrogens is 3. The van der Waals surface area contributed by atoms with Gasteiger partial charge in [-0.2, -0.15) is 13.2 Å². The molecule has 0 bridgehead atoms. The number of ether oxygens (including phenoxy) is 1. The molecule has 214 valence electrons. The molecule has 3 rings (SSSR count). The van der Waals surface area contributed by atoms with Gasteiger partial charge in [-0.15, -0.1) is 5.10 Å². The summed E-state index contributed by atoms with van der Waals surface area (Å²) in [4.78, 5) is 38.2. The number of carbonyl (C=O) groups is 3. The van der Waals surface area contributed by atoms with Crippen LogP contribution in [0.5, 0.6) is 5.75 Å². The molecule has 1 aliphatic heterocycles. The van der Waals surface area contributed by atoms with E-state index in [2.05, 4.69) is 15.6 Å². The maximum atomic E-state index is 12.5. The van der Waals surface area contributed by atoms with E-state index in [9.17, 15) is 31.9 Å². The Balaban J connectivity index is 1.65. The molecule has 1 aromatic carbocycles. The predicted molar refractivity (Wildman–Crippen MR) is 132 cm³/mol. The van der Waals surface area contributed by atoms with E-state index in [0.717, 1.165) is 13.0 Å². The summed E-state index contributed by atoms with van der Waals surface area (Å²) in [6.45, 7) is -0.0355. The van der Waals surface area contributed by atoms with E-state index in [1.54, 1.807) is 4.90 Å². The van der Waals surface area contributed by atoms with Crippen LogP contribution in [0.2, 0.25) is 0 Å². The van der Waals surface area contributed by atoms with Gasteiger partial charge in [-0.1, -0.05) is 11.6 Å². The SMILES string of the molecule is O=C(NCC(F)(F)F)c1ccc(-n2cc(C(=O)NCCCN3CCCC3=O)nn2)c(OCCCCCCF)c1. The molecule has 2 N–H and O–H groups in total. The number of hydrogen-bond donors (Lipinski definition) is 2. The van der Waals surface area contributed by atoms with Crippen molar-refractivity contribution >= 4 is 17.7 Å². The van der Waals surface area contributed by atoms with Crippen LogP contribution in [0, 0.1) is 0 Å². The van der Waals surface area contributed by atoms with Crippen LogP contribution in [0.4, 0.5) is 17.6 Å². The third kappa shape index (κ3) is 9.52. The van der Waals surface area contributed by atoms with Gasteiger partial charge in [-0.25, -0.2) is 4.68 Å².